The monoisotopic (exact) mass is 359 g/mol. The first-order valence-corrected chi connectivity index (χ1v) is 9.14. The fourth-order valence-electron chi connectivity index (χ4n) is 3.30. The molecule has 0 aliphatic carbocycles. The highest BCUT2D eigenvalue weighted by Crippen LogP contribution is 2.21. The maximum Gasteiger partial charge on any atom is 0.233 e. The van der Waals surface area contributed by atoms with Gasteiger partial charge in [0.1, 0.15) is 6.10 Å². The Hall–Kier alpha value is -3.21. The van der Waals surface area contributed by atoms with Gasteiger partial charge in [-0.15, -0.1) is 5.10 Å². The molecule has 0 saturated carbocycles. The summed E-state index contributed by atoms with van der Waals surface area (Å²) in [5.74, 6) is 0.640. The molecule has 1 amide bonds. The van der Waals surface area contributed by atoms with Gasteiger partial charge < -0.3 is 9.64 Å². The molecule has 0 spiro atoms. The van der Waals surface area contributed by atoms with Gasteiger partial charge in [0.2, 0.25) is 11.8 Å². The van der Waals surface area contributed by atoms with E-state index in [1.807, 2.05) is 35.2 Å². The minimum atomic E-state index is -0.0221. The number of rotatable bonds is 5. The molecule has 5 nitrogen and oxygen atoms in total. The molecular formula is C22H21N3O2. The van der Waals surface area contributed by atoms with Crippen LogP contribution in [0.15, 0.2) is 72.9 Å². The van der Waals surface area contributed by atoms with Gasteiger partial charge in [0.25, 0.3) is 0 Å². The third-order valence-electron chi connectivity index (χ3n) is 4.75. The smallest absolute Gasteiger partial charge is 0.233 e. The van der Waals surface area contributed by atoms with Gasteiger partial charge in [-0.25, -0.2) is 0 Å². The third kappa shape index (κ3) is 4.31. The maximum absolute atomic E-state index is 12.6. The van der Waals surface area contributed by atoms with E-state index in [1.165, 1.54) is 5.56 Å². The van der Waals surface area contributed by atoms with Crippen molar-refractivity contribution in [1.82, 2.24) is 15.1 Å². The van der Waals surface area contributed by atoms with E-state index in [1.54, 1.807) is 18.3 Å². The number of hydrogen-bond donors (Lipinski definition) is 0. The average Bonchev–Trinajstić information content (AvgIpc) is 3.19. The Morgan fingerprint density at radius 2 is 1.78 bits per heavy atom. The lowest BCUT2D eigenvalue weighted by atomic mass is 10.0. The second-order valence-corrected chi connectivity index (χ2v) is 6.67. The Kier molecular flexibility index (Phi) is 5.10. The highest BCUT2D eigenvalue weighted by Gasteiger charge is 2.27. The number of hydrogen-bond acceptors (Lipinski definition) is 4. The van der Waals surface area contributed by atoms with Gasteiger partial charge in [-0.3, -0.25) is 4.79 Å². The summed E-state index contributed by atoms with van der Waals surface area (Å²) in [6.45, 7) is 1.31. The first-order chi connectivity index (χ1) is 13.3. The summed E-state index contributed by atoms with van der Waals surface area (Å²) >= 11 is 0. The number of benzene rings is 2. The van der Waals surface area contributed by atoms with Gasteiger partial charge in [0.05, 0.1) is 13.0 Å². The van der Waals surface area contributed by atoms with Gasteiger partial charge in [-0.1, -0.05) is 54.6 Å². The lowest BCUT2D eigenvalue weighted by molar-refractivity contribution is -0.129. The van der Waals surface area contributed by atoms with Gasteiger partial charge >= 0.3 is 0 Å². The molecule has 2 aromatic carbocycles. The molecule has 0 bridgehead atoms. The zero-order chi connectivity index (χ0) is 18.5. The topological polar surface area (TPSA) is 55.3 Å². The number of amides is 1. The van der Waals surface area contributed by atoms with E-state index >= 15 is 0 Å². The van der Waals surface area contributed by atoms with Crippen molar-refractivity contribution in [3.8, 4) is 17.0 Å². The molecule has 4 rings (SSSR count). The number of likely N-dealkylation sites (tertiary alicyclic amines) is 1. The van der Waals surface area contributed by atoms with Crippen molar-refractivity contribution in [2.75, 3.05) is 13.1 Å². The van der Waals surface area contributed by atoms with Crippen LogP contribution in [0.2, 0.25) is 0 Å². The van der Waals surface area contributed by atoms with Crippen LogP contribution in [0, 0.1) is 0 Å². The molecular weight excluding hydrogens is 338 g/mol. The molecule has 3 aromatic rings. The van der Waals surface area contributed by atoms with Gasteiger partial charge in [-0.05, 0) is 22.8 Å². The van der Waals surface area contributed by atoms with Crippen molar-refractivity contribution in [2.45, 2.75) is 18.9 Å². The van der Waals surface area contributed by atoms with Crippen molar-refractivity contribution >= 4 is 5.91 Å². The minimum Gasteiger partial charge on any atom is -0.471 e. The molecule has 0 N–H and O–H groups in total. The molecule has 2 heterocycles. The van der Waals surface area contributed by atoms with Crippen LogP contribution < -0.4 is 4.74 Å². The Labute approximate surface area is 158 Å². The van der Waals surface area contributed by atoms with Crippen molar-refractivity contribution < 1.29 is 9.53 Å². The Bertz CT molecular complexity index is 882. The molecule has 1 unspecified atom stereocenters. The molecule has 0 radical (unpaired) electrons. The quantitative estimate of drug-likeness (QED) is 0.701. The van der Waals surface area contributed by atoms with Crippen LogP contribution in [-0.2, 0) is 11.2 Å². The number of aromatic nitrogens is 2. The summed E-state index contributed by atoms with van der Waals surface area (Å²) in [6, 6.07) is 22.0. The van der Waals surface area contributed by atoms with Crippen LogP contribution >= 0.6 is 0 Å². The highest BCUT2D eigenvalue weighted by atomic mass is 16.5. The molecule has 27 heavy (non-hydrogen) atoms. The molecule has 1 aliphatic heterocycles. The van der Waals surface area contributed by atoms with Crippen LogP contribution in [0.25, 0.3) is 11.1 Å². The average molecular weight is 359 g/mol. The van der Waals surface area contributed by atoms with Crippen LogP contribution in [0.1, 0.15) is 12.0 Å². The molecule has 136 valence electrons. The summed E-state index contributed by atoms with van der Waals surface area (Å²) in [5.41, 5.74) is 3.36. The first-order valence-electron chi connectivity index (χ1n) is 9.14. The standard InChI is InChI=1S/C22H21N3O2/c26-22(25-14-12-20(16-25)27-21-7-4-13-23-24-21)15-17-8-10-19(11-9-17)18-5-2-1-3-6-18/h1-11,13,20H,12,14-16H2. The van der Waals surface area contributed by atoms with Crippen molar-refractivity contribution in [2.24, 2.45) is 0 Å². The summed E-state index contributed by atoms with van der Waals surface area (Å²) in [4.78, 5) is 14.5. The summed E-state index contributed by atoms with van der Waals surface area (Å²) in [6.07, 6.45) is 2.81. The predicted octanol–water partition coefficient (Wildman–Crippen LogP) is 3.37. The van der Waals surface area contributed by atoms with Crippen LogP contribution in [0.3, 0.4) is 0 Å². The zero-order valence-corrected chi connectivity index (χ0v) is 15.0. The Morgan fingerprint density at radius 1 is 1.00 bits per heavy atom. The van der Waals surface area contributed by atoms with E-state index in [2.05, 4.69) is 34.5 Å². The first kappa shape index (κ1) is 17.2. The Balaban J connectivity index is 1.33. The van der Waals surface area contributed by atoms with Crippen molar-refractivity contribution in [1.29, 1.82) is 0 Å². The van der Waals surface area contributed by atoms with Gasteiger partial charge in [0.15, 0.2) is 0 Å². The summed E-state index contributed by atoms with van der Waals surface area (Å²) in [5, 5.41) is 7.75. The number of ether oxygens (including phenoxy) is 1. The van der Waals surface area contributed by atoms with Crippen LogP contribution in [0.4, 0.5) is 0 Å². The number of nitrogens with zero attached hydrogens (tertiary/aromatic N) is 3. The number of carbonyl (C=O) groups is 1. The van der Waals surface area contributed by atoms with Crippen LogP contribution in [0.5, 0.6) is 5.88 Å². The molecule has 1 fully saturated rings. The second kappa shape index (κ2) is 7.99. The van der Waals surface area contributed by atoms with Crippen LogP contribution in [-0.4, -0.2) is 40.2 Å². The molecule has 1 aromatic heterocycles. The maximum atomic E-state index is 12.6. The van der Waals surface area contributed by atoms with Crippen molar-refractivity contribution in [3.05, 3.63) is 78.5 Å². The van der Waals surface area contributed by atoms with E-state index in [-0.39, 0.29) is 12.0 Å². The van der Waals surface area contributed by atoms with E-state index in [0.717, 1.165) is 17.5 Å². The lowest BCUT2D eigenvalue weighted by Crippen LogP contribution is -2.32. The summed E-state index contributed by atoms with van der Waals surface area (Å²) in [7, 11) is 0. The van der Waals surface area contributed by atoms with E-state index in [0.29, 0.717) is 25.4 Å². The SMILES string of the molecule is O=C(Cc1ccc(-c2ccccc2)cc1)N1CCC(Oc2cccnn2)C1. The third-order valence-corrected chi connectivity index (χ3v) is 4.75. The zero-order valence-electron chi connectivity index (χ0n) is 15.0. The highest BCUT2D eigenvalue weighted by molar-refractivity contribution is 5.79. The normalized spacial score (nSPS) is 16.3. The second-order valence-electron chi connectivity index (χ2n) is 6.67. The molecule has 1 saturated heterocycles. The van der Waals surface area contributed by atoms with Gasteiger partial charge in [-0.2, -0.15) is 5.10 Å². The van der Waals surface area contributed by atoms with Gasteiger partial charge in [0, 0.05) is 25.2 Å². The largest absolute Gasteiger partial charge is 0.471 e. The molecule has 1 atom stereocenters. The predicted molar refractivity (Wildman–Crippen MR) is 103 cm³/mol. The molecule has 1 aliphatic rings. The molecule has 5 heteroatoms. The number of carbonyl (C=O) groups excluding carboxylic acids is 1. The van der Waals surface area contributed by atoms with E-state index in [9.17, 15) is 4.79 Å². The fourth-order valence-corrected chi connectivity index (χ4v) is 3.30. The lowest BCUT2D eigenvalue weighted by Gasteiger charge is -2.17. The summed E-state index contributed by atoms with van der Waals surface area (Å²) < 4.78 is 5.80. The van der Waals surface area contributed by atoms with E-state index < -0.39 is 0 Å². The van der Waals surface area contributed by atoms with E-state index in [4.69, 9.17) is 4.74 Å². The fraction of sp³-hybridized carbons (Fsp3) is 0.227. The minimum absolute atomic E-state index is 0.0221. The Morgan fingerprint density at radius 3 is 2.52 bits per heavy atom. The van der Waals surface area contributed by atoms with Crippen molar-refractivity contribution in [3.63, 3.8) is 0 Å².